The molecule has 1 fully saturated rings. The third-order valence-electron chi connectivity index (χ3n) is 5.00. The predicted octanol–water partition coefficient (Wildman–Crippen LogP) is 2.86. The van der Waals surface area contributed by atoms with Crippen LogP contribution in [0.15, 0.2) is 30.2 Å². The molecule has 4 rings (SSSR count). The minimum absolute atomic E-state index is 0.0603. The van der Waals surface area contributed by atoms with E-state index in [1.165, 1.54) is 6.33 Å². The minimum Gasteiger partial charge on any atom is -0.392 e. The van der Waals surface area contributed by atoms with E-state index in [2.05, 4.69) is 16.9 Å². The van der Waals surface area contributed by atoms with Gasteiger partial charge in [0.2, 0.25) is 0 Å². The zero-order valence-electron chi connectivity index (χ0n) is 13.9. The zero-order valence-corrected chi connectivity index (χ0v) is 14.6. The maximum absolute atomic E-state index is 9.89. The predicted molar refractivity (Wildman–Crippen MR) is 89.8 cm³/mol. The molecule has 0 aromatic carbocycles. The molecular formula is C17H20ClN3O3. The maximum Gasteiger partial charge on any atom is 0.164 e. The van der Waals surface area contributed by atoms with Crippen LogP contribution in [0.2, 0.25) is 5.15 Å². The van der Waals surface area contributed by atoms with Gasteiger partial charge in [-0.05, 0) is 31.9 Å². The number of ether oxygens (including phenoxy) is 2. The van der Waals surface area contributed by atoms with Crippen LogP contribution in [0.1, 0.15) is 33.2 Å². The first-order valence-corrected chi connectivity index (χ1v) is 8.47. The Kier molecular flexibility index (Phi) is 3.51. The van der Waals surface area contributed by atoms with E-state index in [0.29, 0.717) is 5.15 Å². The zero-order chi connectivity index (χ0) is 17.1. The van der Waals surface area contributed by atoms with Crippen molar-refractivity contribution in [3.8, 4) is 0 Å². The summed E-state index contributed by atoms with van der Waals surface area (Å²) in [4.78, 5) is 8.40. The van der Waals surface area contributed by atoms with Crippen molar-refractivity contribution in [2.75, 3.05) is 6.61 Å². The highest BCUT2D eigenvalue weighted by molar-refractivity contribution is 6.33. The van der Waals surface area contributed by atoms with Gasteiger partial charge in [0, 0.05) is 6.20 Å². The third kappa shape index (κ3) is 2.07. The summed E-state index contributed by atoms with van der Waals surface area (Å²) >= 11 is 6.17. The quantitative estimate of drug-likeness (QED) is 0.681. The minimum atomic E-state index is -0.705. The van der Waals surface area contributed by atoms with E-state index in [1.807, 2.05) is 36.8 Å². The molecule has 0 amide bonds. The number of nitrogens with zero attached hydrogens (tertiary/aromatic N) is 3. The first kappa shape index (κ1) is 16.0. The van der Waals surface area contributed by atoms with E-state index in [1.54, 1.807) is 0 Å². The molecular weight excluding hydrogens is 330 g/mol. The standard InChI is InChI=1S/C17H20ClN3O3/c1-4-17-10(8-22)7-12(13(17)23-16(2,3)24-17)21-6-5-11-14(18)19-9-20-15(11)21/h5-7,9,12-13,22H,4,8H2,1-3H3/t12-,13+,17-/m1/s1. The molecule has 0 spiro atoms. The van der Waals surface area contributed by atoms with Crippen LogP contribution in [-0.2, 0) is 9.47 Å². The van der Waals surface area contributed by atoms with Gasteiger partial charge >= 0.3 is 0 Å². The van der Waals surface area contributed by atoms with E-state index >= 15 is 0 Å². The summed E-state index contributed by atoms with van der Waals surface area (Å²) in [6, 6.07) is 1.77. The molecule has 2 aromatic rings. The molecule has 1 saturated heterocycles. The lowest BCUT2D eigenvalue weighted by Crippen LogP contribution is -2.41. The molecule has 0 radical (unpaired) electrons. The summed E-state index contributed by atoms with van der Waals surface area (Å²) < 4.78 is 14.5. The van der Waals surface area contributed by atoms with E-state index < -0.39 is 11.4 Å². The highest BCUT2D eigenvalue weighted by Gasteiger charge is 2.60. The van der Waals surface area contributed by atoms with Gasteiger partial charge in [0.25, 0.3) is 0 Å². The number of hydrogen-bond donors (Lipinski definition) is 1. The Hall–Kier alpha value is -1.47. The lowest BCUT2D eigenvalue weighted by molar-refractivity contribution is -0.161. The van der Waals surface area contributed by atoms with E-state index in [9.17, 15) is 5.11 Å². The van der Waals surface area contributed by atoms with Gasteiger partial charge in [-0.15, -0.1) is 0 Å². The van der Waals surface area contributed by atoms with Gasteiger partial charge in [-0.25, -0.2) is 9.97 Å². The molecule has 2 aromatic heterocycles. The molecule has 1 aliphatic carbocycles. The van der Waals surface area contributed by atoms with Gasteiger partial charge in [0.15, 0.2) is 5.79 Å². The largest absolute Gasteiger partial charge is 0.392 e. The SMILES string of the molecule is CC[C@]12OC(C)(C)O[C@H]1[C@H](n1ccc3c(Cl)ncnc31)C=C2CO. The van der Waals surface area contributed by atoms with Crippen molar-refractivity contribution in [2.45, 2.75) is 50.7 Å². The van der Waals surface area contributed by atoms with Crippen LogP contribution in [0.4, 0.5) is 0 Å². The number of hydrogen-bond acceptors (Lipinski definition) is 5. The van der Waals surface area contributed by atoms with Gasteiger partial charge in [0.05, 0.1) is 18.0 Å². The molecule has 1 aliphatic heterocycles. The van der Waals surface area contributed by atoms with E-state index in [4.69, 9.17) is 21.1 Å². The monoisotopic (exact) mass is 349 g/mol. The first-order valence-electron chi connectivity index (χ1n) is 8.09. The van der Waals surface area contributed by atoms with Crippen LogP contribution in [0.5, 0.6) is 0 Å². The Balaban J connectivity index is 1.86. The number of aliphatic hydroxyl groups is 1. The summed E-state index contributed by atoms with van der Waals surface area (Å²) in [5.41, 5.74) is 0.984. The van der Waals surface area contributed by atoms with Crippen LogP contribution in [-0.4, -0.2) is 43.7 Å². The number of fused-ring (bicyclic) bond motifs is 2. The number of rotatable bonds is 3. The van der Waals surface area contributed by atoms with Crippen molar-refractivity contribution in [2.24, 2.45) is 0 Å². The third-order valence-corrected chi connectivity index (χ3v) is 5.30. The first-order chi connectivity index (χ1) is 11.4. The average Bonchev–Trinajstić information content (AvgIpc) is 3.16. The molecule has 128 valence electrons. The molecule has 3 atom stereocenters. The van der Waals surface area contributed by atoms with Gasteiger partial charge in [-0.1, -0.05) is 24.6 Å². The molecule has 3 heterocycles. The Morgan fingerprint density at radius 3 is 2.88 bits per heavy atom. The van der Waals surface area contributed by atoms with Crippen molar-refractivity contribution in [1.82, 2.24) is 14.5 Å². The average molecular weight is 350 g/mol. The molecule has 0 bridgehead atoms. The van der Waals surface area contributed by atoms with Gasteiger partial charge in [-0.2, -0.15) is 0 Å². The second-order valence-corrected chi connectivity index (χ2v) is 7.11. The lowest BCUT2D eigenvalue weighted by atomic mass is 9.90. The van der Waals surface area contributed by atoms with Crippen molar-refractivity contribution in [3.63, 3.8) is 0 Å². The van der Waals surface area contributed by atoms with Crippen LogP contribution >= 0.6 is 11.6 Å². The molecule has 0 unspecified atom stereocenters. The van der Waals surface area contributed by atoms with E-state index in [-0.39, 0.29) is 18.8 Å². The van der Waals surface area contributed by atoms with E-state index in [0.717, 1.165) is 23.0 Å². The van der Waals surface area contributed by atoms with Gasteiger partial charge < -0.3 is 19.1 Å². The van der Waals surface area contributed by atoms with Crippen molar-refractivity contribution < 1.29 is 14.6 Å². The normalized spacial score (nSPS) is 31.5. The molecule has 2 aliphatic rings. The Labute approximate surface area is 145 Å². The Morgan fingerprint density at radius 1 is 1.38 bits per heavy atom. The van der Waals surface area contributed by atoms with Crippen LogP contribution in [0, 0.1) is 0 Å². The molecule has 24 heavy (non-hydrogen) atoms. The lowest BCUT2D eigenvalue weighted by Gasteiger charge is -2.30. The van der Waals surface area contributed by atoms with Gasteiger partial charge in [0.1, 0.15) is 28.8 Å². The van der Waals surface area contributed by atoms with Gasteiger partial charge in [-0.3, -0.25) is 0 Å². The molecule has 7 heteroatoms. The highest BCUT2D eigenvalue weighted by atomic mass is 35.5. The van der Waals surface area contributed by atoms with Crippen LogP contribution in [0.3, 0.4) is 0 Å². The maximum atomic E-state index is 9.89. The summed E-state index contributed by atoms with van der Waals surface area (Å²) in [6.07, 6.45) is 5.90. The summed E-state index contributed by atoms with van der Waals surface area (Å²) in [5.74, 6) is -0.705. The summed E-state index contributed by atoms with van der Waals surface area (Å²) in [6.45, 7) is 5.80. The topological polar surface area (TPSA) is 69.4 Å². The second-order valence-electron chi connectivity index (χ2n) is 6.75. The molecule has 0 saturated carbocycles. The smallest absolute Gasteiger partial charge is 0.164 e. The summed E-state index contributed by atoms with van der Waals surface area (Å²) in [7, 11) is 0. The molecule has 1 N–H and O–H groups in total. The fourth-order valence-electron chi connectivity index (χ4n) is 4.04. The molecule has 6 nitrogen and oxygen atoms in total. The number of aromatic nitrogens is 3. The van der Waals surface area contributed by atoms with Crippen LogP contribution < -0.4 is 0 Å². The summed E-state index contributed by atoms with van der Waals surface area (Å²) in [5, 5.41) is 11.1. The van der Waals surface area contributed by atoms with Crippen molar-refractivity contribution in [1.29, 1.82) is 0 Å². The number of halogens is 1. The Bertz CT molecular complexity index is 832. The fraction of sp³-hybridized carbons (Fsp3) is 0.529. The number of aliphatic hydroxyl groups excluding tert-OH is 1. The van der Waals surface area contributed by atoms with Crippen molar-refractivity contribution in [3.05, 3.63) is 35.4 Å². The fourth-order valence-corrected chi connectivity index (χ4v) is 4.24. The van der Waals surface area contributed by atoms with Crippen molar-refractivity contribution >= 4 is 22.6 Å². The highest BCUT2D eigenvalue weighted by Crippen LogP contribution is 2.52. The Morgan fingerprint density at radius 2 is 2.17 bits per heavy atom. The van der Waals surface area contributed by atoms with Crippen LogP contribution in [0.25, 0.3) is 11.0 Å². The second kappa shape index (κ2) is 5.26.